The van der Waals surface area contributed by atoms with Crippen molar-refractivity contribution in [2.45, 2.75) is 0 Å². The molecular weight excluding hydrogens is 411 g/mol. The molecule has 3 rings (SSSR count). The summed E-state index contributed by atoms with van der Waals surface area (Å²) in [4.78, 5) is 12.5. The van der Waals surface area contributed by atoms with Gasteiger partial charge in [-0.3, -0.25) is 10.2 Å². The van der Waals surface area contributed by atoms with Gasteiger partial charge in [0.1, 0.15) is 16.5 Å². The molecule has 0 aliphatic carbocycles. The highest BCUT2D eigenvalue weighted by molar-refractivity contribution is 6.38. The summed E-state index contributed by atoms with van der Waals surface area (Å²) < 4.78 is 6.28. The van der Waals surface area contributed by atoms with Crippen molar-refractivity contribution in [3.8, 4) is 11.4 Å². The van der Waals surface area contributed by atoms with Crippen molar-refractivity contribution < 1.29 is 4.74 Å². The van der Waals surface area contributed by atoms with Gasteiger partial charge in [-0.25, -0.2) is 0 Å². The van der Waals surface area contributed by atoms with Crippen LogP contribution in [0.25, 0.3) is 5.69 Å². The average Bonchev–Trinajstić information content (AvgIpc) is 2.67. The van der Waals surface area contributed by atoms with E-state index in [0.29, 0.717) is 27.0 Å². The summed E-state index contributed by atoms with van der Waals surface area (Å²) in [6.45, 7) is 0. The topological polar surface area (TPSA) is 68.5 Å². The van der Waals surface area contributed by atoms with Gasteiger partial charge in [-0.1, -0.05) is 40.9 Å². The highest BCUT2D eigenvalue weighted by atomic mass is 35.5. The van der Waals surface area contributed by atoms with E-state index in [4.69, 9.17) is 39.5 Å². The molecule has 27 heavy (non-hydrogen) atoms. The summed E-state index contributed by atoms with van der Waals surface area (Å²) in [5.74, 6) is 0.670. The third-order valence-corrected chi connectivity index (χ3v) is 4.64. The normalized spacial score (nSPS) is 11.0. The highest BCUT2D eigenvalue weighted by Gasteiger charge is 2.10. The van der Waals surface area contributed by atoms with Crippen molar-refractivity contribution in [3.05, 3.63) is 79.6 Å². The first-order chi connectivity index (χ1) is 13.0. The molecule has 0 saturated heterocycles. The van der Waals surface area contributed by atoms with Crippen LogP contribution in [0.5, 0.6) is 5.75 Å². The quantitative estimate of drug-likeness (QED) is 0.479. The second-order valence-electron chi connectivity index (χ2n) is 5.29. The molecule has 0 aliphatic rings. The van der Waals surface area contributed by atoms with Crippen molar-refractivity contribution in [1.82, 2.24) is 9.78 Å². The van der Waals surface area contributed by atoms with Gasteiger partial charge in [0.2, 0.25) is 0 Å². The number of nitrogens with one attached hydrogen (secondary N) is 1. The van der Waals surface area contributed by atoms with Crippen molar-refractivity contribution >= 4 is 46.7 Å². The molecule has 6 nitrogen and oxygen atoms in total. The number of rotatable bonds is 5. The van der Waals surface area contributed by atoms with Gasteiger partial charge in [0.05, 0.1) is 35.3 Å². The predicted molar refractivity (Wildman–Crippen MR) is 109 cm³/mol. The number of methoxy groups -OCH3 is 1. The van der Waals surface area contributed by atoms with Gasteiger partial charge in [0, 0.05) is 5.56 Å². The van der Waals surface area contributed by atoms with E-state index in [2.05, 4.69) is 15.6 Å². The van der Waals surface area contributed by atoms with Crippen LogP contribution in [-0.4, -0.2) is 23.1 Å². The monoisotopic (exact) mass is 422 g/mol. The maximum atomic E-state index is 12.5. The van der Waals surface area contributed by atoms with Crippen LogP contribution in [-0.2, 0) is 0 Å². The van der Waals surface area contributed by atoms with Gasteiger partial charge in [0.15, 0.2) is 0 Å². The highest BCUT2D eigenvalue weighted by Crippen LogP contribution is 2.23. The molecule has 0 atom stereocenters. The molecule has 0 unspecified atom stereocenters. The van der Waals surface area contributed by atoms with E-state index in [0.717, 1.165) is 0 Å². The fourth-order valence-corrected chi connectivity index (χ4v) is 2.88. The number of nitrogens with zero attached hydrogens (tertiary/aromatic N) is 3. The van der Waals surface area contributed by atoms with Gasteiger partial charge in [-0.05, 0) is 36.4 Å². The Morgan fingerprint density at radius 2 is 1.78 bits per heavy atom. The van der Waals surface area contributed by atoms with Crippen LogP contribution in [0.1, 0.15) is 5.56 Å². The van der Waals surface area contributed by atoms with Crippen LogP contribution in [0.4, 0.5) is 5.69 Å². The summed E-state index contributed by atoms with van der Waals surface area (Å²) >= 11 is 18.3. The van der Waals surface area contributed by atoms with Crippen LogP contribution in [0, 0.1) is 0 Å². The zero-order chi connectivity index (χ0) is 19.4. The summed E-state index contributed by atoms with van der Waals surface area (Å²) in [7, 11) is 1.56. The first-order valence-electron chi connectivity index (χ1n) is 7.66. The van der Waals surface area contributed by atoms with E-state index in [9.17, 15) is 4.79 Å². The summed E-state index contributed by atoms with van der Waals surface area (Å²) in [6.07, 6.45) is 2.84. The lowest BCUT2D eigenvalue weighted by Crippen LogP contribution is -2.22. The fourth-order valence-electron chi connectivity index (χ4n) is 2.22. The first kappa shape index (κ1) is 19.2. The maximum Gasteiger partial charge on any atom is 0.292 e. The van der Waals surface area contributed by atoms with Crippen LogP contribution in [0.15, 0.2) is 58.6 Å². The van der Waals surface area contributed by atoms with Gasteiger partial charge >= 0.3 is 0 Å². The lowest BCUT2D eigenvalue weighted by molar-refractivity contribution is 0.414. The molecule has 2 aromatic carbocycles. The van der Waals surface area contributed by atoms with E-state index in [1.165, 1.54) is 17.1 Å². The Balaban J connectivity index is 1.84. The Morgan fingerprint density at radius 1 is 1.11 bits per heavy atom. The molecule has 0 fully saturated rings. The first-order valence-corrected chi connectivity index (χ1v) is 8.80. The van der Waals surface area contributed by atoms with E-state index < -0.39 is 5.56 Å². The molecule has 0 aliphatic heterocycles. The van der Waals surface area contributed by atoms with E-state index in [1.807, 2.05) is 0 Å². The number of halogens is 3. The minimum absolute atomic E-state index is 0.0526. The lowest BCUT2D eigenvalue weighted by Gasteiger charge is -2.08. The second kappa shape index (κ2) is 8.43. The molecule has 9 heteroatoms. The Bertz CT molecular complexity index is 1030. The number of anilines is 1. The standard InChI is InChI=1S/C18H13Cl3N4O2/c1-27-12-7-5-11(6-8-12)25-18(26)17(21)16(10-23-25)24-22-9-13-14(19)3-2-4-15(13)20/h2-10,24H,1H3/b22-9-. The SMILES string of the molecule is COc1ccc(-n2ncc(N/N=C\c3c(Cl)cccc3Cl)c(Cl)c2=O)cc1. The zero-order valence-corrected chi connectivity index (χ0v) is 16.3. The number of hydrazone groups is 1. The largest absolute Gasteiger partial charge is 0.497 e. The Kier molecular flexibility index (Phi) is 6.01. The molecule has 0 amide bonds. The third kappa shape index (κ3) is 4.24. The molecule has 1 heterocycles. The number of hydrogen-bond donors (Lipinski definition) is 1. The predicted octanol–water partition coefficient (Wildman–Crippen LogP) is 4.65. The number of benzene rings is 2. The fraction of sp³-hybridized carbons (Fsp3) is 0.0556. The van der Waals surface area contributed by atoms with Crippen LogP contribution < -0.4 is 15.7 Å². The maximum absolute atomic E-state index is 12.5. The van der Waals surface area contributed by atoms with E-state index >= 15 is 0 Å². The van der Waals surface area contributed by atoms with E-state index in [-0.39, 0.29) is 10.7 Å². The molecule has 0 saturated carbocycles. The average molecular weight is 424 g/mol. The molecule has 1 aromatic heterocycles. The molecule has 0 spiro atoms. The van der Waals surface area contributed by atoms with Crippen molar-refractivity contribution in [1.29, 1.82) is 0 Å². The minimum atomic E-state index is -0.488. The zero-order valence-electron chi connectivity index (χ0n) is 14.0. The number of hydrogen-bond acceptors (Lipinski definition) is 5. The molecule has 138 valence electrons. The second-order valence-corrected chi connectivity index (χ2v) is 6.48. The minimum Gasteiger partial charge on any atom is -0.497 e. The Hall–Kier alpha value is -2.54. The van der Waals surface area contributed by atoms with Gasteiger partial charge in [0.25, 0.3) is 5.56 Å². The summed E-state index contributed by atoms with van der Waals surface area (Å²) in [5.41, 5.74) is 3.55. The molecule has 3 aromatic rings. The summed E-state index contributed by atoms with van der Waals surface area (Å²) in [5, 5.41) is 8.99. The summed E-state index contributed by atoms with van der Waals surface area (Å²) in [6, 6.07) is 12.0. The van der Waals surface area contributed by atoms with Gasteiger partial charge in [-0.2, -0.15) is 14.9 Å². The number of ether oxygens (including phenoxy) is 1. The van der Waals surface area contributed by atoms with Crippen LogP contribution in [0.3, 0.4) is 0 Å². The number of aromatic nitrogens is 2. The molecular formula is C18H13Cl3N4O2. The van der Waals surface area contributed by atoms with Crippen LogP contribution in [0.2, 0.25) is 15.1 Å². The Labute approximate surface area is 169 Å². The van der Waals surface area contributed by atoms with Gasteiger partial charge < -0.3 is 4.74 Å². The Morgan fingerprint density at radius 3 is 2.41 bits per heavy atom. The van der Waals surface area contributed by atoms with Crippen molar-refractivity contribution in [3.63, 3.8) is 0 Å². The smallest absolute Gasteiger partial charge is 0.292 e. The van der Waals surface area contributed by atoms with Crippen molar-refractivity contribution in [2.75, 3.05) is 12.5 Å². The molecule has 1 N–H and O–H groups in total. The molecule has 0 bridgehead atoms. The third-order valence-electron chi connectivity index (χ3n) is 3.61. The van der Waals surface area contributed by atoms with E-state index in [1.54, 1.807) is 49.6 Å². The van der Waals surface area contributed by atoms with Gasteiger partial charge in [-0.15, -0.1) is 0 Å². The van der Waals surface area contributed by atoms with Crippen molar-refractivity contribution in [2.24, 2.45) is 5.10 Å². The molecule has 0 radical (unpaired) electrons. The van der Waals surface area contributed by atoms with Crippen LogP contribution >= 0.6 is 34.8 Å². The lowest BCUT2D eigenvalue weighted by atomic mass is 10.2.